The third kappa shape index (κ3) is 4.70. The van der Waals surface area contributed by atoms with Crippen molar-refractivity contribution in [3.8, 4) is 5.75 Å². The highest BCUT2D eigenvalue weighted by Crippen LogP contribution is 2.26. The van der Waals surface area contributed by atoms with Gasteiger partial charge in [0.15, 0.2) is 0 Å². The number of aromatic nitrogens is 1. The Bertz CT molecular complexity index is 759. The molecular weight excluding hydrogens is 355 g/mol. The minimum absolute atomic E-state index is 0.193. The molecule has 8 heteroatoms. The molecule has 0 radical (unpaired) electrons. The number of nitrogens with zero attached hydrogens (tertiary/aromatic N) is 3. The largest absolute Gasteiger partial charge is 0.492 e. The molecule has 3 rings (SSSR count). The summed E-state index contributed by atoms with van der Waals surface area (Å²) in [7, 11) is 0. The zero-order valence-corrected chi connectivity index (χ0v) is 15.8. The monoisotopic (exact) mass is 378 g/mol. The second-order valence-electron chi connectivity index (χ2n) is 6.12. The fourth-order valence-corrected chi connectivity index (χ4v) is 3.49. The molecule has 0 atom stereocenters. The lowest BCUT2D eigenvalue weighted by atomic mass is 10.2. The number of urea groups is 1. The van der Waals surface area contributed by atoms with E-state index in [-0.39, 0.29) is 6.03 Å². The van der Waals surface area contributed by atoms with E-state index in [0.717, 1.165) is 30.3 Å². The predicted molar refractivity (Wildman–Crippen MR) is 100 cm³/mol. The molecule has 1 aliphatic heterocycles. The van der Waals surface area contributed by atoms with Crippen molar-refractivity contribution in [2.45, 2.75) is 20.4 Å². The molecule has 1 N–H and O–H groups in total. The van der Waals surface area contributed by atoms with Crippen LogP contribution in [0, 0.1) is 12.7 Å². The fourth-order valence-electron chi connectivity index (χ4n) is 2.89. The molecule has 6 nitrogen and oxygen atoms in total. The van der Waals surface area contributed by atoms with Crippen LogP contribution >= 0.6 is 11.3 Å². The molecule has 0 aliphatic carbocycles. The number of amides is 2. The van der Waals surface area contributed by atoms with E-state index in [1.54, 1.807) is 16.2 Å². The Hall–Kier alpha value is -2.19. The van der Waals surface area contributed by atoms with Crippen molar-refractivity contribution in [3.63, 3.8) is 0 Å². The molecule has 0 spiro atoms. The number of halogens is 1. The van der Waals surface area contributed by atoms with Crippen LogP contribution in [-0.4, -0.2) is 53.6 Å². The molecule has 2 amide bonds. The molecule has 0 saturated carbocycles. The summed E-state index contributed by atoms with van der Waals surface area (Å²) in [6.45, 7) is 7.91. The number of hydrogen-bond donors (Lipinski definition) is 1. The summed E-state index contributed by atoms with van der Waals surface area (Å²) in [5, 5.41) is 5.98. The maximum absolute atomic E-state index is 13.4. The van der Waals surface area contributed by atoms with E-state index in [1.807, 2.05) is 13.8 Å². The van der Waals surface area contributed by atoms with E-state index in [9.17, 15) is 9.18 Å². The number of rotatable bonds is 5. The molecule has 140 valence electrons. The number of thiazole rings is 1. The van der Waals surface area contributed by atoms with Gasteiger partial charge in [-0.25, -0.2) is 14.2 Å². The van der Waals surface area contributed by atoms with Crippen LogP contribution in [0.5, 0.6) is 5.75 Å². The molecule has 0 unspecified atom stereocenters. The highest BCUT2D eigenvalue weighted by atomic mass is 32.1. The molecule has 1 saturated heterocycles. The number of carbonyl (C=O) groups excluding carboxylic acids is 1. The number of anilines is 1. The van der Waals surface area contributed by atoms with Crippen molar-refractivity contribution < 1.29 is 13.9 Å². The first kappa shape index (κ1) is 18.6. The minimum Gasteiger partial charge on any atom is -0.492 e. The van der Waals surface area contributed by atoms with Crippen LogP contribution in [0.1, 0.15) is 17.6 Å². The van der Waals surface area contributed by atoms with Gasteiger partial charge in [0.05, 0.1) is 23.0 Å². The Morgan fingerprint density at radius 2 is 2.12 bits per heavy atom. The quantitative estimate of drug-likeness (QED) is 0.867. The topological polar surface area (TPSA) is 57.7 Å². The first-order valence-electron chi connectivity index (χ1n) is 8.67. The van der Waals surface area contributed by atoms with Gasteiger partial charge in [-0.15, -0.1) is 11.3 Å². The Labute approximate surface area is 156 Å². The van der Waals surface area contributed by atoms with Crippen molar-refractivity contribution in [2.24, 2.45) is 0 Å². The number of aryl methyl sites for hydroxylation is 1. The van der Waals surface area contributed by atoms with Crippen LogP contribution in [0.4, 0.5) is 14.9 Å². The molecular formula is C18H23FN4O2S. The summed E-state index contributed by atoms with van der Waals surface area (Å²) < 4.78 is 18.8. The summed E-state index contributed by atoms with van der Waals surface area (Å²) >= 11 is 1.66. The number of benzene rings is 1. The van der Waals surface area contributed by atoms with Gasteiger partial charge >= 0.3 is 6.03 Å². The zero-order valence-electron chi connectivity index (χ0n) is 15.0. The predicted octanol–water partition coefficient (Wildman–Crippen LogP) is 3.34. The van der Waals surface area contributed by atoms with Gasteiger partial charge in [0.25, 0.3) is 0 Å². The van der Waals surface area contributed by atoms with Gasteiger partial charge < -0.3 is 15.0 Å². The van der Waals surface area contributed by atoms with Crippen molar-refractivity contribution in [1.29, 1.82) is 0 Å². The number of carbonyl (C=O) groups is 1. The zero-order chi connectivity index (χ0) is 18.5. The third-order valence-corrected chi connectivity index (χ3v) is 5.02. The lowest BCUT2D eigenvalue weighted by Crippen LogP contribution is -2.49. The van der Waals surface area contributed by atoms with Crippen molar-refractivity contribution in [3.05, 3.63) is 40.1 Å². The highest BCUT2D eigenvalue weighted by Gasteiger charge is 2.22. The van der Waals surface area contributed by atoms with Crippen LogP contribution in [0.3, 0.4) is 0 Å². The first-order valence-corrected chi connectivity index (χ1v) is 9.54. The number of piperazine rings is 1. The summed E-state index contributed by atoms with van der Waals surface area (Å²) in [4.78, 5) is 21.1. The second kappa shape index (κ2) is 8.46. The molecule has 1 aliphatic rings. The van der Waals surface area contributed by atoms with Gasteiger partial charge in [-0.05, 0) is 26.0 Å². The van der Waals surface area contributed by atoms with Crippen LogP contribution < -0.4 is 10.1 Å². The van der Waals surface area contributed by atoms with E-state index < -0.39 is 5.82 Å². The van der Waals surface area contributed by atoms with Crippen molar-refractivity contribution >= 4 is 23.1 Å². The molecule has 0 bridgehead atoms. The van der Waals surface area contributed by atoms with Crippen LogP contribution in [0.2, 0.25) is 0 Å². The van der Waals surface area contributed by atoms with Crippen LogP contribution in [-0.2, 0) is 6.54 Å². The molecule has 2 aromatic rings. The molecule has 1 fully saturated rings. The SMILES string of the molecule is CCOc1cc(F)ccc1NC(=O)N1CCN(Cc2csc(C)n2)CC1. The van der Waals surface area contributed by atoms with Gasteiger partial charge in [0, 0.05) is 44.2 Å². The van der Waals surface area contributed by atoms with Gasteiger partial charge in [-0.1, -0.05) is 0 Å². The van der Waals surface area contributed by atoms with Gasteiger partial charge in [-0.2, -0.15) is 0 Å². The van der Waals surface area contributed by atoms with E-state index in [0.29, 0.717) is 31.1 Å². The maximum Gasteiger partial charge on any atom is 0.322 e. The highest BCUT2D eigenvalue weighted by molar-refractivity contribution is 7.09. The maximum atomic E-state index is 13.4. The molecule has 26 heavy (non-hydrogen) atoms. The van der Waals surface area contributed by atoms with E-state index >= 15 is 0 Å². The van der Waals surface area contributed by atoms with E-state index in [1.165, 1.54) is 18.2 Å². The Morgan fingerprint density at radius 1 is 1.35 bits per heavy atom. The van der Waals surface area contributed by atoms with Crippen LogP contribution in [0.15, 0.2) is 23.6 Å². The Kier molecular flexibility index (Phi) is 6.05. The van der Waals surface area contributed by atoms with Gasteiger partial charge in [0.1, 0.15) is 11.6 Å². The van der Waals surface area contributed by atoms with E-state index in [4.69, 9.17) is 4.74 Å². The second-order valence-corrected chi connectivity index (χ2v) is 7.19. The summed E-state index contributed by atoms with van der Waals surface area (Å²) in [6, 6.07) is 3.93. The Balaban J connectivity index is 1.54. The minimum atomic E-state index is -0.391. The summed E-state index contributed by atoms with van der Waals surface area (Å²) in [5.74, 6) is -0.0456. The fraction of sp³-hybridized carbons (Fsp3) is 0.444. The average Bonchev–Trinajstić information content (AvgIpc) is 3.03. The standard InChI is InChI=1S/C18H23FN4O2S/c1-3-25-17-10-14(19)4-5-16(17)21-18(24)23-8-6-22(7-9-23)11-15-12-26-13(2)20-15/h4-5,10,12H,3,6-9,11H2,1-2H3,(H,21,24). The lowest BCUT2D eigenvalue weighted by Gasteiger charge is -2.34. The lowest BCUT2D eigenvalue weighted by molar-refractivity contribution is 0.142. The summed E-state index contributed by atoms with van der Waals surface area (Å²) in [5.41, 5.74) is 1.57. The smallest absolute Gasteiger partial charge is 0.322 e. The van der Waals surface area contributed by atoms with Gasteiger partial charge in [-0.3, -0.25) is 4.90 Å². The van der Waals surface area contributed by atoms with Gasteiger partial charge in [0.2, 0.25) is 0 Å². The number of ether oxygens (including phenoxy) is 1. The number of nitrogens with one attached hydrogen (secondary N) is 1. The summed E-state index contributed by atoms with van der Waals surface area (Å²) in [6.07, 6.45) is 0. The van der Waals surface area contributed by atoms with Crippen molar-refractivity contribution in [2.75, 3.05) is 38.1 Å². The average molecular weight is 378 g/mol. The molecule has 1 aromatic heterocycles. The van der Waals surface area contributed by atoms with Crippen molar-refractivity contribution in [1.82, 2.24) is 14.8 Å². The third-order valence-electron chi connectivity index (χ3n) is 4.20. The molecule has 1 aromatic carbocycles. The normalized spacial score (nSPS) is 15.1. The Morgan fingerprint density at radius 3 is 2.77 bits per heavy atom. The van der Waals surface area contributed by atoms with E-state index in [2.05, 4.69) is 20.6 Å². The number of hydrogen-bond acceptors (Lipinski definition) is 5. The van der Waals surface area contributed by atoms with Crippen LogP contribution in [0.25, 0.3) is 0 Å². The first-order chi connectivity index (χ1) is 12.5. The molecule has 2 heterocycles.